The summed E-state index contributed by atoms with van der Waals surface area (Å²) in [4.78, 5) is 0. The highest BCUT2D eigenvalue weighted by Crippen LogP contribution is 2.41. The zero-order valence-electron chi connectivity index (χ0n) is 11.3. The molecule has 2 unspecified atom stereocenters. The highest BCUT2D eigenvalue weighted by molar-refractivity contribution is 5.39. The zero-order chi connectivity index (χ0) is 12.6. The largest absolute Gasteiger partial charge is 0.328 e. The normalized spacial score (nSPS) is 31.1. The van der Waals surface area contributed by atoms with Crippen LogP contribution in [-0.4, -0.2) is 13.1 Å². The Morgan fingerprint density at radius 1 is 1.28 bits per heavy atom. The second kappa shape index (κ2) is 4.67. The maximum atomic E-state index is 6.14. The first-order valence-electron chi connectivity index (χ1n) is 7.30. The first-order chi connectivity index (χ1) is 8.75. The average Bonchev–Trinajstić information content (AvgIpc) is 3.23. The van der Waals surface area contributed by atoms with Crippen LogP contribution in [0.15, 0.2) is 24.3 Å². The molecule has 1 aromatic carbocycles. The van der Waals surface area contributed by atoms with Gasteiger partial charge in [0, 0.05) is 6.54 Å². The molecule has 2 aliphatic rings. The van der Waals surface area contributed by atoms with E-state index < -0.39 is 0 Å². The van der Waals surface area contributed by atoms with E-state index in [9.17, 15) is 0 Å². The van der Waals surface area contributed by atoms with Crippen LogP contribution in [0.5, 0.6) is 0 Å². The Kier molecular flexibility index (Phi) is 3.16. The van der Waals surface area contributed by atoms with Crippen LogP contribution >= 0.6 is 0 Å². The van der Waals surface area contributed by atoms with Gasteiger partial charge in [-0.1, -0.05) is 31.2 Å². The van der Waals surface area contributed by atoms with Gasteiger partial charge in [-0.15, -0.1) is 0 Å². The Labute approximate surface area is 110 Å². The first kappa shape index (κ1) is 12.2. The van der Waals surface area contributed by atoms with Crippen LogP contribution in [0.2, 0.25) is 0 Å². The summed E-state index contributed by atoms with van der Waals surface area (Å²) in [6.45, 7) is 4.18. The van der Waals surface area contributed by atoms with Gasteiger partial charge in [0.15, 0.2) is 0 Å². The van der Waals surface area contributed by atoms with Crippen molar-refractivity contribution in [1.82, 2.24) is 5.32 Å². The van der Waals surface area contributed by atoms with E-state index in [0.717, 1.165) is 12.5 Å². The summed E-state index contributed by atoms with van der Waals surface area (Å²) in [5.41, 5.74) is 9.12. The third kappa shape index (κ3) is 2.08. The van der Waals surface area contributed by atoms with Crippen LogP contribution in [0.1, 0.15) is 49.7 Å². The smallest absolute Gasteiger partial charge is 0.0561 e. The lowest BCUT2D eigenvalue weighted by molar-refractivity contribution is 0.276. The first-order valence-corrected chi connectivity index (χ1v) is 7.30. The number of hydrogen-bond acceptors (Lipinski definition) is 2. The van der Waals surface area contributed by atoms with Gasteiger partial charge < -0.3 is 11.1 Å². The van der Waals surface area contributed by atoms with E-state index in [1.165, 1.54) is 36.8 Å². The molecule has 2 aliphatic carbocycles. The SMILES string of the molecule is CC1CCC(CN)(NCC2CC2)c2ccccc21. The van der Waals surface area contributed by atoms with Crippen molar-refractivity contribution >= 4 is 0 Å². The second-order valence-corrected chi connectivity index (χ2v) is 6.14. The Bertz CT molecular complexity index is 425. The number of nitrogens with one attached hydrogen (secondary N) is 1. The van der Waals surface area contributed by atoms with Crippen molar-refractivity contribution in [1.29, 1.82) is 0 Å². The lowest BCUT2D eigenvalue weighted by atomic mass is 9.72. The van der Waals surface area contributed by atoms with Gasteiger partial charge in [-0.2, -0.15) is 0 Å². The highest BCUT2D eigenvalue weighted by Gasteiger charge is 2.38. The average molecular weight is 244 g/mol. The number of nitrogens with two attached hydrogens (primary N) is 1. The van der Waals surface area contributed by atoms with E-state index in [1.54, 1.807) is 0 Å². The predicted molar refractivity (Wildman–Crippen MR) is 75.6 cm³/mol. The van der Waals surface area contributed by atoms with Gasteiger partial charge in [-0.25, -0.2) is 0 Å². The third-order valence-electron chi connectivity index (χ3n) is 4.79. The molecule has 1 fully saturated rings. The molecule has 3 N–H and O–H groups in total. The lowest BCUT2D eigenvalue weighted by Gasteiger charge is -2.41. The van der Waals surface area contributed by atoms with Gasteiger partial charge in [0.05, 0.1) is 5.54 Å². The van der Waals surface area contributed by atoms with E-state index in [1.807, 2.05) is 0 Å². The molecule has 3 rings (SSSR count). The Morgan fingerprint density at radius 3 is 2.78 bits per heavy atom. The fraction of sp³-hybridized carbons (Fsp3) is 0.625. The molecule has 0 radical (unpaired) electrons. The van der Waals surface area contributed by atoms with Gasteiger partial charge in [-0.05, 0) is 55.2 Å². The van der Waals surface area contributed by atoms with E-state index in [-0.39, 0.29) is 5.54 Å². The molecule has 0 aromatic heterocycles. The molecule has 2 atom stereocenters. The fourth-order valence-electron chi connectivity index (χ4n) is 3.25. The Morgan fingerprint density at radius 2 is 2.06 bits per heavy atom. The van der Waals surface area contributed by atoms with Crippen LogP contribution in [0, 0.1) is 5.92 Å². The summed E-state index contributed by atoms with van der Waals surface area (Å²) in [6, 6.07) is 8.86. The molecular weight excluding hydrogens is 220 g/mol. The van der Waals surface area contributed by atoms with E-state index in [2.05, 4.69) is 36.5 Å². The van der Waals surface area contributed by atoms with Crippen LogP contribution < -0.4 is 11.1 Å². The van der Waals surface area contributed by atoms with E-state index in [4.69, 9.17) is 5.73 Å². The summed E-state index contributed by atoms with van der Waals surface area (Å²) in [6.07, 6.45) is 5.21. The summed E-state index contributed by atoms with van der Waals surface area (Å²) >= 11 is 0. The number of benzene rings is 1. The molecule has 1 aromatic rings. The lowest BCUT2D eigenvalue weighted by Crippen LogP contribution is -2.51. The molecule has 1 saturated carbocycles. The minimum absolute atomic E-state index is 0.0334. The van der Waals surface area contributed by atoms with Crippen molar-refractivity contribution in [3.63, 3.8) is 0 Å². The zero-order valence-corrected chi connectivity index (χ0v) is 11.3. The minimum atomic E-state index is 0.0334. The van der Waals surface area contributed by atoms with Crippen LogP contribution in [0.3, 0.4) is 0 Å². The molecule has 0 heterocycles. The molecule has 0 aliphatic heterocycles. The van der Waals surface area contributed by atoms with E-state index >= 15 is 0 Å². The number of rotatable bonds is 4. The van der Waals surface area contributed by atoms with Gasteiger partial charge in [-0.3, -0.25) is 0 Å². The molecule has 2 heteroatoms. The molecule has 0 amide bonds. The highest BCUT2D eigenvalue weighted by atomic mass is 15.0. The molecule has 18 heavy (non-hydrogen) atoms. The summed E-state index contributed by atoms with van der Waals surface area (Å²) in [7, 11) is 0. The standard InChI is InChI=1S/C16H24N2/c1-12-8-9-16(11-17,18-10-13-6-7-13)15-5-3-2-4-14(12)15/h2-5,12-13,18H,6-11,17H2,1H3. The van der Waals surface area contributed by atoms with Gasteiger partial charge in [0.2, 0.25) is 0 Å². The Hall–Kier alpha value is -0.860. The quantitative estimate of drug-likeness (QED) is 0.854. The molecule has 2 nitrogen and oxygen atoms in total. The molecule has 0 saturated heterocycles. The van der Waals surface area contributed by atoms with E-state index in [0.29, 0.717) is 12.5 Å². The van der Waals surface area contributed by atoms with Crippen molar-refractivity contribution in [2.75, 3.05) is 13.1 Å². The topological polar surface area (TPSA) is 38.0 Å². The molecule has 0 spiro atoms. The molecular formula is C16H24N2. The predicted octanol–water partition coefficient (Wildman–Crippen LogP) is 2.74. The van der Waals surface area contributed by atoms with Crippen LogP contribution in [0.25, 0.3) is 0 Å². The maximum absolute atomic E-state index is 6.14. The van der Waals surface area contributed by atoms with Crippen molar-refractivity contribution in [2.24, 2.45) is 11.7 Å². The minimum Gasteiger partial charge on any atom is -0.328 e. The van der Waals surface area contributed by atoms with Crippen molar-refractivity contribution in [3.05, 3.63) is 35.4 Å². The van der Waals surface area contributed by atoms with Crippen molar-refractivity contribution in [2.45, 2.75) is 44.1 Å². The fourth-order valence-corrected chi connectivity index (χ4v) is 3.25. The Balaban J connectivity index is 1.91. The summed E-state index contributed by atoms with van der Waals surface area (Å²) < 4.78 is 0. The number of hydrogen-bond donors (Lipinski definition) is 2. The monoisotopic (exact) mass is 244 g/mol. The van der Waals surface area contributed by atoms with Crippen molar-refractivity contribution in [3.8, 4) is 0 Å². The third-order valence-corrected chi connectivity index (χ3v) is 4.79. The van der Waals surface area contributed by atoms with Crippen LogP contribution in [0.4, 0.5) is 0 Å². The second-order valence-electron chi connectivity index (χ2n) is 6.14. The van der Waals surface area contributed by atoms with Gasteiger partial charge in [0.25, 0.3) is 0 Å². The summed E-state index contributed by atoms with van der Waals surface area (Å²) in [5, 5.41) is 3.80. The molecule has 98 valence electrons. The van der Waals surface area contributed by atoms with Crippen LogP contribution in [-0.2, 0) is 5.54 Å². The summed E-state index contributed by atoms with van der Waals surface area (Å²) in [5.74, 6) is 1.57. The molecule has 0 bridgehead atoms. The maximum Gasteiger partial charge on any atom is 0.0561 e. The number of fused-ring (bicyclic) bond motifs is 1. The van der Waals surface area contributed by atoms with Crippen molar-refractivity contribution < 1.29 is 0 Å². The van der Waals surface area contributed by atoms with Gasteiger partial charge >= 0.3 is 0 Å². The van der Waals surface area contributed by atoms with Gasteiger partial charge in [0.1, 0.15) is 0 Å².